The molecule has 23 heavy (non-hydrogen) atoms. The maximum Gasteiger partial charge on any atom is 0.327 e. The molecular formula is C18H23N3O2. The number of hydrogen-bond acceptors (Lipinski definition) is 3. The molecule has 0 atom stereocenters. The minimum atomic E-state index is -0.605. The maximum atomic E-state index is 13.2. The molecule has 1 aromatic rings. The number of hydrogen-bond donors (Lipinski definition) is 1. The van der Waals surface area contributed by atoms with Crippen LogP contribution in [-0.4, -0.2) is 53.0 Å². The molecule has 0 saturated carbocycles. The van der Waals surface area contributed by atoms with Gasteiger partial charge in [0.1, 0.15) is 5.54 Å². The third-order valence-corrected chi connectivity index (χ3v) is 5.71. The van der Waals surface area contributed by atoms with Crippen molar-refractivity contribution in [3.63, 3.8) is 0 Å². The van der Waals surface area contributed by atoms with Gasteiger partial charge in [-0.25, -0.2) is 4.79 Å². The first-order valence-corrected chi connectivity index (χ1v) is 8.60. The molecule has 5 heteroatoms. The fourth-order valence-corrected chi connectivity index (χ4v) is 4.54. The summed E-state index contributed by atoms with van der Waals surface area (Å²) in [6.45, 7) is 4.17. The van der Waals surface area contributed by atoms with E-state index in [-0.39, 0.29) is 18.0 Å². The van der Waals surface area contributed by atoms with E-state index in [2.05, 4.69) is 17.4 Å². The average molecular weight is 313 g/mol. The van der Waals surface area contributed by atoms with Gasteiger partial charge in [-0.15, -0.1) is 0 Å². The molecule has 2 saturated heterocycles. The number of carbonyl (C=O) groups is 2. The summed E-state index contributed by atoms with van der Waals surface area (Å²) in [5, 5.41) is 3.31. The van der Waals surface area contributed by atoms with Crippen LogP contribution in [0.15, 0.2) is 24.3 Å². The summed E-state index contributed by atoms with van der Waals surface area (Å²) >= 11 is 0. The molecule has 1 aliphatic carbocycles. The molecule has 3 aliphatic rings. The van der Waals surface area contributed by atoms with E-state index in [4.69, 9.17) is 0 Å². The zero-order valence-corrected chi connectivity index (χ0v) is 13.5. The van der Waals surface area contributed by atoms with Crippen molar-refractivity contribution in [2.45, 2.75) is 44.2 Å². The average Bonchev–Trinajstić information content (AvgIpc) is 3.06. The molecule has 1 spiro atoms. The number of nitrogens with one attached hydrogen (secondary N) is 1. The van der Waals surface area contributed by atoms with Crippen molar-refractivity contribution in [2.75, 3.05) is 19.6 Å². The number of urea groups is 1. The van der Waals surface area contributed by atoms with E-state index in [1.807, 2.05) is 24.0 Å². The highest BCUT2D eigenvalue weighted by Gasteiger charge is 2.58. The summed E-state index contributed by atoms with van der Waals surface area (Å²) in [5.74, 6) is 0.0312. The van der Waals surface area contributed by atoms with Crippen molar-refractivity contribution >= 4 is 11.9 Å². The van der Waals surface area contributed by atoms with Gasteiger partial charge in [0.15, 0.2) is 0 Å². The van der Waals surface area contributed by atoms with E-state index in [0.717, 1.165) is 38.8 Å². The molecule has 2 aliphatic heterocycles. The fraction of sp³-hybridized carbons (Fsp3) is 0.556. The van der Waals surface area contributed by atoms with Crippen LogP contribution in [0.25, 0.3) is 0 Å². The topological polar surface area (TPSA) is 52.7 Å². The molecule has 2 fully saturated rings. The maximum absolute atomic E-state index is 13.2. The number of likely N-dealkylation sites (N-methyl/N-ethyl adjacent to an activating group) is 1. The monoisotopic (exact) mass is 313 g/mol. The summed E-state index contributed by atoms with van der Waals surface area (Å²) in [6, 6.07) is 8.17. The Bertz CT molecular complexity index is 626. The number of amides is 3. The molecule has 0 bridgehead atoms. The Morgan fingerprint density at radius 2 is 1.74 bits per heavy atom. The molecule has 0 aromatic heterocycles. The number of nitrogens with zero attached hydrogens (tertiary/aromatic N) is 2. The van der Waals surface area contributed by atoms with Gasteiger partial charge in [0.25, 0.3) is 5.91 Å². The number of benzene rings is 1. The first kappa shape index (κ1) is 14.7. The Morgan fingerprint density at radius 3 is 2.30 bits per heavy atom. The molecule has 3 amide bonds. The van der Waals surface area contributed by atoms with Crippen LogP contribution in [0.1, 0.15) is 30.9 Å². The van der Waals surface area contributed by atoms with Gasteiger partial charge in [-0.3, -0.25) is 9.69 Å². The van der Waals surface area contributed by atoms with Gasteiger partial charge in [-0.2, -0.15) is 0 Å². The summed E-state index contributed by atoms with van der Waals surface area (Å²) in [6.07, 6.45) is 3.03. The molecule has 5 nitrogen and oxygen atoms in total. The molecule has 2 heterocycles. The largest absolute Gasteiger partial charge is 0.327 e. The molecule has 0 radical (unpaired) electrons. The van der Waals surface area contributed by atoms with Crippen LogP contribution in [0.2, 0.25) is 0 Å². The quantitative estimate of drug-likeness (QED) is 0.843. The van der Waals surface area contributed by atoms with E-state index in [9.17, 15) is 9.59 Å². The Labute approximate surface area is 136 Å². The van der Waals surface area contributed by atoms with E-state index in [0.29, 0.717) is 6.54 Å². The van der Waals surface area contributed by atoms with Crippen LogP contribution >= 0.6 is 0 Å². The molecular weight excluding hydrogens is 290 g/mol. The van der Waals surface area contributed by atoms with Crippen LogP contribution in [-0.2, 0) is 17.6 Å². The molecule has 0 unspecified atom stereocenters. The highest BCUT2D eigenvalue weighted by atomic mass is 16.2. The minimum absolute atomic E-state index is 0.0179. The van der Waals surface area contributed by atoms with E-state index < -0.39 is 5.54 Å². The second kappa shape index (κ2) is 5.34. The molecule has 1 aromatic carbocycles. The summed E-state index contributed by atoms with van der Waals surface area (Å²) in [5.41, 5.74) is 1.94. The predicted molar refractivity (Wildman–Crippen MR) is 87.1 cm³/mol. The number of fused-ring (bicyclic) bond motifs is 1. The van der Waals surface area contributed by atoms with E-state index in [1.54, 1.807) is 4.90 Å². The highest BCUT2D eigenvalue weighted by Crippen LogP contribution is 2.38. The van der Waals surface area contributed by atoms with Crippen molar-refractivity contribution in [1.29, 1.82) is 0 Å². The number of rotatable bonds is 2. The van der Waals surface area contributed by atoms with Crippen LogP contribution in [0.5, 0.6) is 0 Å². The third kappa shape index (κ3) is 2.02. The van der Waals surface area contributed by atoms with Crippen LogP contribution < -0.4 is 5.32 Å². The lowest BCUT2D eigenvalue weighted by molar-refractivity contribution is -0.135. The molecule has 122 valence electrons. The first-order valence-electron chi connectivity index (χ1n) is 8.60. The van der Waals surface area contributed by atoms with Gasteiger partial charge in [0.05, 0.1) is 0 Å². The van der Waals surface area contributed by atoms with Gasteiger partial charge in [0.2, 0.25) is 0 Å². The Kier molecular flexibility index (Phi) is 3.41. The van der Waals surface area contributed by atoms with Crippen molar-refractivity contribution in [3.8, 4) is 0 Å². The van der Waals surface area contributed by atoms with Crippen molar-refractivity contribution in [3.05, 3.63) is 35.4 Å². The summed E-state index contributed by atoms with van der Waals surface area (Å²) < 4.78 is 0. The summed E-state index contributed by atoms with van der Waals surface area (Å²) in [7, 11) is 0. The smallest absolute Gasteiger partial charge is 0.317 e. The van der Waals surface area contributed by atoms with Gasteiger partial charge in [-0.1, -0.05) is 24.3 Å². The normalized spacial score (nSPS) is 23.9. The SMILES string of the molecule is CCN1C(=O)N(C2Cc3ccccc3C2)C(=O)C12CCNCC2. The standard InChI is InChI=1S/C18H23N3O2/c1-2-20-17(23)21(16(22)18(20)7-9-19-10-8-18)15-11-13-5-3-4-6-14(13)12-15/h3-6,15,19H,2,7-12H2,1H3. The first-order chi connectivity index (χ1) is 11.2. The van der Waals surface area contributed by atoms with Crippen molar-refractivity contribution in [2.24, 2.45) is 0 Å². The number of piperidine rings is 1. The van der Waals surface area contributed by atoms with Crippen molar-refractivity contribution in [1.82, 2.24) is 15.1 Å². The van der Waals surface area contributed by atoms with Gasteiger partial charge in [0, 0.05) is 12.6 Å². The minimum Gasteiger partial charge on any atom is -0.317 e. The highest BCUT2D eigenvalue weighted by molar-refractivity contribution is 6.07. The molecule has 4 rings (SSSR count). The second-order valence-electron chi connectivity index (χ2n) is 6.81. The van der Waals surface area contributed by atoms with Crippen molar-refractivity contribution < 1.29 is 9.59 Å². The zero-order valence-electron chi connectivity index (χ0n) is 13.5. The Hall–Kier alpha value is -1.88. The van der Waals surface area contributed by atoms with Crippen LogP contribution in [0, 0.1) is 0 Å². The lowest BCUT2D eigenvalue weighted by Gasteiger charge is -2.37. The Balaban J connectivity index is 1.65. The lowest BCUT2D eigenvalue weighted by atomic mass is 9.86. The van der Waals surface area contributed by atoms with Crippen LogP contribution in [0.4, 0.5) is 4.79 Å². The number of imide groups is 1. The van der Waals surface area contributed by atoms with Gasteiger partial charge < -0.3 is 10.2 Å². The van der Waals surface area contributed by atoms with E-state index in [1.165, 1.54) is 11.1 Å². The zero-order chi connectivity index (χ0) is 16.0. The third-order valence-electron chi connectivity index (χ3n) is 5.71. The lowest BCUT2D eigenvalue weighted by Crippen LogP contribution is -2.55. The molecule has 1 N–H and O–H groups in total. The Morgan fingerprint density at radius 1 is 1.13 bits per heavy atom. The number of carbonyl (C=O) groups excluding carboxylic acids is 2. The predicted octanol–water partition coefficient (Wildman–Crippen LogP) is 1.56. The fourth-order valence-electron chi connectivity index (χ4n) is 4.54. The van der Waals surface area contributed by atoms with Crippen LogP contribution in [0.3, 0.4) is 0 Å². The van der Waals surface area contributed by atoms with Gasteiger partial charge in [-0.05, 0) is 56.8 Å². The van der Waals surface area contributed by atoms with Gasteiger partial charge >= 0.3 is 6.03 Å². The van der Waals surface area contributed by atoms with E-state index >= 15 is 0 Å². The second-order valence-corrected chi connectivity index (χ2v) is 6.81. The summed E-state index contributed by atoms with van der Waals surface area (Å²) in [4.78, 5) is 29.6.